The molecule has 0 bridgehead atoms. The summed E-state index contributed by atoms with van der Waals surface area (Å²) in [6.07, 6.45) is -0.0933. The Morgan fingerprint density at radius 2 is 1.87 bits per heavy atom. The Balaban J connectivity index is 1.87. The second kappa shape index (κ2) is 5.01. The van der Waals surface area contributed by atoms with E-state index in [2.05, 4.69) is 10.5 Å². The zero-order valence-corrected chi connectivity index (χ0v) is 12.5. The molecule has 116 valence electrons. The van der Waals surface area contributed by atoms with Crippen LogP contribution in [0.4, 0.5) is 5.69 Å². The first-order valence-corrected chi connectivity index (χ1v) is 7.33. The van der Waals surface area contributed by atoms with Crippen molar-refractivity contribution in [3.63, 3.8) is 0 Å². The van der Waals surface area contributed by atoms with Gasteiger partial charge in [-0.2, -0.15) is 5.10 Å². The molecule has 0 aliphatic carbocycles. The zero-order chi connectivity index (χ0) is 16.0. The summed E-state index contributed by atoms with van der Waals surface area (Å²) in [5, 5.41) is 4.27. The van der Waals surface area contributed by atoms with Crippen LogP contribution in [0.25, 0.3) is 0 Å². The van der Waals surface area contributed by atoms with E-state index in [1.165, 1.54) is 0 Å². The topological polar surface area (TPSA) is 85.9 Å². The van der Waals surface area contributed by atoms with Gasteiger partial charge in [-0.25, -0.2) is 5.43 Å². The Hall–Kier alpha value is -3.02. The fourth-order valence-corrected chi connectivity index (χ4v) is 2.79. The maximum atomic E-state index is 11.9. The number of nitrogens with two attached hydrogens (primary N) is 1. The first kappa shape index (κ1) is 13.6. The third-order valence-corrected chi connectivity index (χ3v) is 3.84. The van der Waals surface area contributed by atoms with E-state index in [1.807, 2.05) is 31.2 Å². The van der Waals surface area contributed by atoms with Crippen LogP contribution in [-0.2, 0) is 11.2 Å². The van der Waals surface area contributed by atoms with Gasteiger partial charge in [-0.15, -0.1) is 0 Å². The van der Waals surface area contributed by atoms with Gasteiger partial charge in [-0.05, 0) is 29.8 Å². The molecule has 6 nitrogen and oxygen atoms in total. The number of nitrogens with zero attached hydrogens (tertiary/aromatic N) is 1. The molecule has 2 aliphatic rings. The maximum Gasteiger partial charge on any atom is 0.244 e. The van der Waals surface area contributed by atoms with Gasteiger partial charge < -0.3 is 15.2 Å². The van der Waals surface area contributed by atoms with Crippen LogP contribution >= 0.6 is 0 Å². The third-order valence-electron chi connectivity index (χ3n) is 3.84. The number of hydrogen-bond donors (Lipinski definition) is 2. The molecule has 1 atom stereocenters. The van der Waals surface area contributed by atoms with Crippen LogP contribution < -0.4 is 20.6 Å². The number of carbonyl (C=O) groups excluding carboxylic acids is 1. The molecule has 0 spiro atoms. The molecule has 23 heavy (non-hydrogen) atoms. The van der Waals surface area contributed by atoms with Gasteiger partial charge in [0, 0.05) is 23.7 Å². The normalized spacial score (nSPS) is 18.7. The van der Waals surface area contributed by atoms with E-state index in [4.69, 9.17) is 15.2 Å². The number of ether oxygens (including phenoxy) is 2. The Bertz CT molecular complexity index is 828. The lowest BCUT2D eigenvalue weighted by Gasteiger charge is -2.10. The minimum absolute atomic E-state index is 0.163. The molecule has 0 fully saturated rings. The predicted molar refractivity (Wildman–Crippen MR) is 85.5 cm³/mol. The minimum Gasteiger partial charge on any atom is -0.451 e. The minimum atomic E-state index is -0.332. The van der Waals surface area contributed by atoms with Crippen molar-refractivity contribution in [3.05, 3.63) is 53.1 Å². The van der Waals surface area contributed by atoms with Crippen molar-refractivity contribution in [1.29, 1.82) is 0 Å². The summed E-state index contributed by atoms with van der Waals surface area (Å²) in [7, 11) is 0. The van der Waals surface area contributed by atoms with E-state index >= 15 is 0 Å². The first-order chi connectivity index (χ1) is 11.1. The molecule has 2 aromatic carbocycles. The van der Waals surface area contributed by atoms with E-state index in [-0.39, 0.29) is 18.6 Å². The molecular formula is C17H15N3O3. The number of rotatable bonds is 1. The number of nitrogen functional groups attached to an aromatic ring is 1. The summed E-state index contributed by atoms with van der Waals surface area (Å²) in [6.45, 7) is 1.83. The van der Waals surface area contributed by atoms with Crippen LogP contribution in [0, 0.1) is 0 Å². The molecule has 0 radical (unpaired) electrons. The summed E-state index contributed by atoms with van der Waals surface area (Å²) >= 11 is 0. The summed E-state index contributed by atoms with van der Waals surface area (Å²) < 4.78 is 11.2. The van der Waals surface area contributed by atoms with Crippen molar-refractivity contribution in [2.75, 3.05) is 5.73 Å². The van der Waals surface area contributed by atoms with Gasteiger partial charge in [0.05, 0.1) is 12.1 Å². The summed E-state index contributed by atoms with van der Waals surface area (Å²) in [5.74, 6) is 1.15. The number of amides is 1. The molecule has 1 amide bonds. The second-order valence-corrected chi connectivity index (χ2v) is 5.55. The zero-order valence-electron chi connectivity index (χ0n) is 12.5. The van der Waals surface area contributed by atoms with E-state index in [9.17, 15) is 4.79 Å². The average Bonchev–Trinajstić information content (AvgIpc) is 2.79. The molecule has 0 saturated carbocycles. The Morgan fingerprint density at radius 3 is 2.61 bits per heavy atom. The molecule has 1 unspecified atom stereocenters. The smallest absolute Gasteiger partial charge is 0.244 e. The highest BCUT2D eigenvalue weighted by Gasteiger charge is 2.26. The predicted octanol–water partition coefficient (Wildman–Crippen LogP) is 1.81. The van der Waals surface area contributed by atoms with E-state index in [0.717, 1.165) is 16.7 Å². The van der Waals surface area contributed by atoms with Gasteiger partial charge in [0.25, 0.3) is 0 Å². The third kappa shape index (κ3) is 2.38. The van der Waals surface area contributed by atoms with Gasteiger partial charge in [-0.1, -0.05) is 12.1 Å². The largest absolute Gasteiger partial charge is 0.451 e. The highest BCUT2D eigenvalue weighted by atomic mass is 16.7. The van der Waals surface area contributed by atoms with Crippen LogP contribution in [0.5, 0.6) is 11.5 Å². The maximum absolute atomic E-state index is 11.9. The van der Waals surface area contributed by atoms with Crippen LogP contribution in [0.2, 0.25) is 0 Å². The standard InChI is InChI=1S/C17H15N3O3/c1-9-22-14-6-11-7-16(21)19-20-17(13(11)8-15(14)23-9)10-2-4-12(18)5-3-10/h2-6,8-9H,7,18H2,1H3,(H,19,21). The molecule has 2 aliphatic heterocycles. The molecule has 2 heterocycles. The highest BCUT2D eigenvalue weighted by Crippen LogP contribution is 2.38. The van der Waals surface area contributed by atoms with E-state index < -0.39 is 0 Å². The number of nitrogens with one attached hydrogen (secondary N) is 1. The van der Waals surface area contributed by atoms with Crippen LogP contribution in [0.3, 0.4) is 0 Å². The Kier molecular flexibility index (Phi) is 2.97. The first-order valence-electron chi connectivity index (χ1n) is 7.33. The summed E-state index contributed by atoms with van der Waals surface area (Å²) in [6, 6.07) is 11.1. The van der Waals surface area contributed by atoms with Gasteiger partial charge >= 0.3 is 0 Å². The second-order valence-electron chi connectivity index (χ2n) is 5.55. The number of anilines is 1. The Morgan fingerprint density at radius 1 is 1.17 bits per heavy atom. The average molecular weight is 309 g/mol. The quantitative estimate of drug-likeness (QED) is 0.787. The molecular weight excluding hydrogens is 294 g/mol. The number of carbonyl (C=O) groups is 1. The lowest BCUT2D eigenvalue weighted by Crippen LogP contribution is -2.18. The van der Waals surface area contributed by atoms with Crippen molar-refractivity contribution in [2.24, 2.45) is 5.10 Å². The molecule has 3 N–H and O–H groups in total. The number of hydrogen-bond acceptors (Lipinski definition) is 5. The molecule has 0 saturated heterocycles. The molecule has 2 aromatic rings. The number of fused-ring (bicyclic) bond motifs is 2. The van der Waals surface area contributed by atoms with Crippen molar-refractivity contribution >= 4 is 17.3 Å². The van der Waals surface area contributed by atoms with E-state index in [0.29, 0.717) is 22.9 Å². The lowest BCUT2D eigenvalue weighted by atomic mass is 9.95. The van der Waals surface area contributed by atoms with Gasteiger partial charge in [-0.3, -0.25) is 4.79 Å². The van der Waals surface area contributed by atoms with Gasteiger partial charge in [0.1, 0.15) is 0 Å². The van der Waals surface area contributed by atoms with Crippen molar-refractivity contribution in [2.45, 2.75) is 19.6 Å². The number of benzene rings is 2. The van der Waals surface area contributed by atoms with Gasteiger partial charge in [0.2, 0.25) is 12.2 Å². The van der Waals surface area contributed by atoms with Crippen molar-refractivity contribution < 1.29 is 14.3 Å². The van der Waals surface area contributed by atoms with Crippen LogP contribution in [-0.4, -0.2) is 17.9 Å². The molecule has 6 heteroatoms. The lowest BCUT2D eigenvalue weighted by molar-refractivity contribution is -0.120. The number of hydrazone groups is 1. The van der Waals surface area contributed by atoms with Crippen molar-refractivity contribution in [1.82, 2.24) is 5.43 Å². The fraction of sp³-hybridized carbons (Fsp3) is 0.176. The fourth-order valence-electron chi connectivity index (χ4n) is 2.79. The summed E-state index contributed by atoms with van der Waals surface area (Å²) in [4.78, 5) is 11.9. The molecule has 0 aromatic heterocycles. The van der Waals surface area contributed by atoms with Crippen molar-refractivity contribution in [3.8, 4) is 11.5 Å². The SMILES string of the molecule is CC1Oc2cc3c(cc2O1)C(c1ccc(N)cc1)=NNC(=O)C3. The van der Waals surface area contributed by atoms with Gasteiger partial charge in [0.15, 0.2) is 11.5 Å². The highest BCUT2D eigenvalue weighted by molar-refractivity contribution is 6.15. The van der Waals surface area contributed by atoms with Crippen LogP contribution in [0.15, 0.2) is 41.5 Å². The Labute approximate surface area is 132 Å². The monoisotopic (exact) mass is 309 g/mol. The van der Waals surface area contributed by atoms with E-state index in [1.54, 1.807) is 12.1 Å². The van der Waals surface area contributed by atoms with Crippen LogP contribution in [0.1, 0.15) is 23.6 Å². The molecule has 4 rings (SSSR count). The summed E-state index contributed by atoms with van der Waals surface area (Å²) in [5.41, 5.74) is 12.2.